The van der Waals surface area contributed by atoms with Gasteiger partial charge in [-0.1, -0.05) is 0 Å². The Kier molecular flexibility index (Phi) is 2.99. The molecule has 0 aliphatic heterocycles. The standard InChI is InChI=1S/C5H8N2.Pt/c1-4-3-5(2)7-6-4;/h3H,1-2H3,(H,6,7);. The van der Waals surface area contributed by atoms with E-state index in [1.807, 2.05) is 19.9 Å². The topological polar surface area (TPSA) is 28.7 Å². The van der Waals surface area contributed by atoms with E-state index in [1.54, 1.807) is 0 Å². The zero-order valence-electron chi connectivity index (χ0n) is 4.84. The van der Waals surface area contributed by atoms with Crippen molar-refractivity contribution in [2.24, 2.45) is 0 Å². The van der Waals surface area contributed by atoms with Crippen molar-refractivity contribution >= 4 is 0 Å². The van der Waals surface area contributed by atoms with Crippen LogP contribution in [0.25, 0.3) is 0 Å². The summed E-state index contributed by atoms with van der Waals surface area (Å²) < 4.78 is 0. The summed E-state index contributed by atoms with van der Waals surface area (Å²) in [6.45, 7) is 3.95. The van der Waals surface area contributed by atoms with Crippen LogP contribution in [0.2, 0.25) is 0 Å². The van der Waals surface area contributed by atoms with Crippen LogP contribution in [0.15, 0.2) is 6.07 Å². The molecule has 0 saturated carbocycles. The van der Waals surface area contributed by atoms with E-state index in [9.17, 15) is 0 Å². The minimum atomic E-state index is 0. The maximum Gasteiger partial charge on any atom is 0.0593 e. The van der Waals surface area contributed by atoms with Crippen LogP contribution in [0.3, 0.4) is 0 Å². The number of hydrogen-bond acceptors (Lipinski definition) is 1. The number of H-pyrrole nitrogens is 1. The van der Waals surface area contributed by atoms with Crippen molar-refractivity contribution in [2.45, 2.75) is 13.8 Å². The number of nitrogens with zero attached hydrogens (tertiary/aromatic N) is 1. The Morgan fingerprint density at radius 1 is 1.50 bits per heavy atom. The first-order valence-corrected chi connectivity index (χ1v) is 2.27. The van der Waals surface area contributed by atoms with Crippen molar-refractivity contribution in [1.82, 2.24) is 10.2 Å². The molecule has 8 heavy (non-hydrogen) atoms. The molecule has 1 aromatic rings. The SMILES string of the molecule is Cc1cc(C)[nH]n1.[Pt]. The molecule has 3 heteroatoms. The number of nitrogens with one attached hydrogen (secondary N) is 1. The van der Waals surface area contributed by atoms with Gasteiger partial charge in [0, 0.05) is 26.8 Å². The van der Waals surface area contributed by atoms with Crippen LogP contribution in [0.4, 0.5) is 0 Å². The number of hydrogen-bond donors (Lipinski definition) is 1. The number of aryl methyl sites for hydroxylation is 2. The zero-order valence-corrected chi connectivity index (χ0v) is 7.11. The third-order valence-electron chi connectivity index (χ3n) is 0.834. The van der Waals surface area contributed by atoms with Gasteiger partial charge >= 0.3 is 0 Å². The van der Waals surface area contributed by atoms with Gasteiger partial charge in [-0.05, 0) is 19.9 Å². The Hall–Kier alpha value is -0.102. The first-order valence-electron chi connectivity index (χ1n) is 2.27. The van der Waals surface area contributed by atoms with Crippen molar-refractivity contribution in [3.05, 3.63) is 17.5 Å². The molecule has 0 amide bonds. The normalized spacial score (nSPS) is 8.25. The van der Waals surface area contributed by atoms with Gasteiger partial charge in [-0.2, -0.15) is 5.10 Å². The molecule has 0 aliphatic rings. The number of aromatic amines is 1. The Bertz CT molecular complexity index is 143. The summed E-state index contributed by atoms with van der Waals surface area (Å²) >= 11 is 0. The molecule has 0 fully saturated rings. The van der Waals surface area contributed by atoms with Crippen LogP contribution in [0.1, 0.15) is 11.4 Å². The molecular formula is C5H8N2Pt. The zero-order chi connectivity index (χ0) is 5.28. The average Bonchev–Trinajstić information content (AvgIpc) is 1.87. The number of rotatable bonds is 0. The molecule has 0 atom stereocenters. The van der Waals surface area contributed by atoms with E-state index in [-0.39, 0.29) is 21.1 Å². The predicted octanol–water partition coefficient (Wildman–Crippen LogP) is 1.02. The van der Waals surface area contributed by atoms with E-state index in [4.69, 9.17) is 0 Å². The Morgan fingerprint density at radius 2 is 2.12 bits per heavy atom. The minimum Gasteiger partial charge on any atom is -0.283 e. The van der Waals surface area contributed by atoms with E-state index < -0.39 is 0 Å². The maximum atomic E-state index is 3.89. The molecule has 0 spiro atoms. The minimum absolute atomic E-state index is 0. The molecule has 1 N–H and O–H groups in total. The van der Waals surface area contributed by atoms with Crippen LogP contribution < -0.4 is 0 Å². The van der Waals surface area contributed by atoms with Gasteiger partial charge < -0.3 is 0 Å². The van der Waals surface area contributed by atoms with E-state index in [0.29, 0.717) is 0 Å². The first-order chi connectivity index (χ1) is 3.29. The summed E-state index contributed by atoms with van der Waals surface area (Å²) in [7, 11) is 0. The van der Waals surface area contributed by atoms with Crippen molar-refractivity contribution < 1.29 is 21.1 Å². The van der Waals surface area contributed by atoms with Gasteiger partial charge in [0.15, 0.2) is 0 Å². The molecule has 0 saturated heterocycles. The smallest absolute Gasteiger partial charge is 0.0593 e. The summed E-state index contributed by atoms with van der Waals surface area (Å²) in [5, 5.41) is 6.71. The molecule has 0 bridgehead atoms. The van der Waals surface area contributed by atoms with Crippen molar-refractivity contribution in [1.29, 1.82) is 0 Å². The summed E-state index contributed by atoms with van der Waals surface area (Å²) in [5.74, 6) is 0. The van der Waals surface area contributed by atoms with Gasteiger partial charge in [0.05, 0.1) is 5.69 Å². The summed E-state index contributed by atoms with van der Waals surface area (Å²) in [6, 6.07) is 2.00. The van der Waals surface area contributed by atoms with E-state index in [1.165, 1.54) is 0 Å². The van der Waals surface area contributed by atoms with E-state index in [2.05, 4.69) is 10.2 Å². The fourth-order valence-corrected chi connectivity index (χ4v) is 0.554. The largest absolute Gasteiger partial charge is 0.283 e. The van der Waals surface area contributed by atoms with Crippen molar-refractivity contribution in [3.63, 3.8) is 0 Å². The van der Waals surface area contributed by atoms with E-state index in [0.717, 1.165) is 11.4 Å². The van der Waals surface area contributed by atoms with Gasteiger partial charge in [-0.3, -0.25) is 5.10 Å². The molecule has 1 heterocycles. The molecule has 1 aromatic heterocycles. The van der Waals surface area contributed by atoms with Crippen LogP contribution >= 0.6 is 0 Å². The van der Waals surface area contributed by atoms with Gasteiger partial charge in [0.2, 0.25) is 0 Å². The first kappa shape index (κ1) is 7.90. The Morgan fingerprint density at radius 3 is 2.25 bits per heavy atom. The van der Waals surface area contributed by atoms with Crippen LogP contribution in [0, 0.1) is 13.8 Å². The van der Waals surface area contributed by atoms with Gasteiger partial charge in [0.25, 0.3) is 0 Å². The van der Waals surface area contributed by atoms with Crippen molar-refractivity contribution in [2.75, 3.05) is 0 Å². The van der Waals surface area contributed by atoms with Crippen LogP contribution in [-0.2, 0) is 21.1 Å². The van der Waals surface area contributed by atoms with Crippen LogP contribution in [0.5, 0.6) is 0 Å². The summed E-state index contributed by atoms with van der Waals surface area (Å²) in [5.41, 5.74) is 2.18. The molecule has 0 radical (unpaired) electrons. The Labute approximate surface area is 62.9 Å². The molecule has 0 aromatic carbocycles. The Balaban J connectivity index is 0.000000490. The fraction of sp³-hybridized carbons (Fsp3) is 0.400. The van der Waals surface area contributed by atoms with E-state index >= 15 is 0 Å². The van der Waals surface area contributed by atoms with Gasteiger partial charge in [0.1, 0.15) is 0 Å². The molecule has 1 rings (SSSR count). The van der Waals surface area contributed by atoms with Gasteiger partial charge in [-0.25, -0.2) is 0 Å². The van der Waals surface area contributed by atoms with Gasteiger partial charge in [-0.15, -0.1) is 0 Å². The third-order valence-corrected chi connectivity index (χ3v) is 0.834. The fourth-order valence-electron chi connectivity index (χ4n) is 0.554. The molecular weight excluding hydrogens is 283 g/mol. The average molecular weight is 291 g/mol. The number of aromatic nitrogens is 2. The second-order valence-electron chi connectivity index (χ2n) is 1.69. The molecule has 48 valence electrons. The predicted molar refractivity (Wildman–Crippen MR) is 28.1 cm³/mol. The maximum absolute atomic E-state index is 3.89. The second kappa shape index (κ2) is 3.03. The molecule has 2 nitrogen and oxygen atoms in total. The molecule has 0 unspecified atom stereocenters. The van der Waals surface area contributed by atoms with Crippen LogP contribution in [-0.4, -0.2) is 10.2 Å². The summed E-state index contributed by atoms with van der Waals surface area (Å²) in [6.07, 6.45) is 0. The molecule has 0 aliphatic carbocycles. The quantitative estimate of drug-likeness (QED) is 0.760. The second-order valence-corrected chi connectivity index (χ2v) is 1.69. The third kappa shape index (κ3) is 1.79. The summed E-state index contributed by atoms with van der Waals surface area (Å²) in [4.78, 5) is 0. The van der Waals surface area contributed by atoms with Crippen molar-refractivity contribution in [3.8, 4) is 0 Å². The monoisotopic (exact) mass is 291 g/mol.